The molecule has 3 rings (SSSR count). The van der Waals surface area contributed by atoms with Crippen LogP contribution in [0.15, 0.2) is 53.4 Å². The number of ether oxygens (including phenoxy) is 1. The number of carbonyl (C=O) groups is 1. The van der Waals surface area contributed by atoms with Crippen LogP contribution in [0.2, 0.25) is 0 Å². The number of carbonyl (C=O) groups excluding carboxylic acids is 1. The van der Waals surface area contributed by atoms with Gasteiger partial charge in [-0.15, -0.1) is 0 Å². The summed E-state index contributed by atoms with van der Waals surface area (Å²) in [4.78, 5) is 12.4. The Morgan fingerprint density at radius 1 is 0.969 bits per heavy atom. The first-order valence-corrected chi connectivity index (χ1v) is 12.6. The molecule has 0 aliphatic carbocycles. The zero-order valence-corrected chi connectivity index (χ0v) is 19.1. The summed E-state index contributed by atoms with van der Waals surface area (Å²) in [6, 6.07) is 12.7. The van der Waals surface area contributed by atoms with Crippen LogP contribution in [0.3, 0.4) is 0 Å². The molecule has 1 heterocycles. The van der Waals surface area contributed by atoms with Gasteiger partial charge < -0.3 is 10.1 Å². The van der Waals surface area contributed by atoms with Gasteiger partial charge in [-0.05, 0) is 74.1 Å². The highest BCUT2D eigenvalue weighted by atomic mass is 32.2. The van der Waals surface area contributed by atoms with Crippen molar-refractivity contribution in [1.29, 1.82) is 0 Å². The Hall–Kier alpha value is -2.45. The van der Waals surface area contributed by atoms with E-state index in [1.807, 2.05) is 0 Å². The second-order valence-corrected chi connectivity index (χ2v) is 9.91. The lowest BCUT2D eigenvalue weighted by Gasteiger charge is -2.25. The van der Waals surface area contributed by atoms with Crippen LogP contribution in [0, 0.1) is 5.82 Å². The molecule has 1 fully saturated rings. The van der Waals surface area contributed by atoms with E-state index in [1.54, 1.807) is 40.7 Å². The molecule has 32 heavy (non-hydrogen) atoms. The summed E-state index contributed by atoms with van der Waals surface area (Å²) in [7, 11) is -3.42. The highest BCUT2D eigenvalue weighted by Gasteiger charge is 2.25. The Bertz CT molecular complexity index is 956. The number of halogens is 1. The lowest BCUT2D eigenvalue weighted by molar-refractivity contribution is -0.121. The van der Waals surface area contributed by atoms with Crippen molar-refractivity contribution in [3.63, 3.8) is 0 Å². The quantitative estimate of drug-likeness (QED) is 0.514. The average molecular weight is 463 g/mol. The van der Waals surface area contributed by atoms with Crippen LogP contribution in [0.5, 0.6) is 5.75 Å². The maximum atomic E-state index is 12.8. The van der Waals surface area contributed by atoms with E-state index in [2.05, 4.69) is 5.32 Å². The number of piperidine rings is 1. The molecule has 0 aromatic heterocycles. The third kappa shape index (κ3) is 7.31. The standard InChI is InChI=1S/C24H31FN2O4S/c25-21-9-11-22(12-10-21)31-19-5-2-16-26-24(28)15-8-20-6-13-23(14-7-20)32(29,30)27-17-3-1-4-18-27/h6-7,9-14H,1-5,8,15-19H2,(H,26,28). The van der Waals surface area contributed by atoms with Crippen LogP contribution in [0.4, 0.5) is 4.39 Å². The summed E-state index contributed by atoms with van der Waals surface area (Å²) < 4.78 is 45.3. The molecule has 1 amide bonds. The Kier molecular flexibility index (Phi) is 9.05. The van der Waals surface area contributed by atoms with Crippen molar-refractivity contribution in [2.24, 2.45) is 0 Å². The minimum Gasteiger partial charge on any atom is -0.494 e. The van der Waals surface area contributed by atoms with Gasteiger partial charge in [-0.1, -0.05) is 18.6 Å². The normalized spacial score (nSPS) is 14.8. The number of benzene rings is 2. The fourth-order valence-corrected chi connectivity index (χ4v) is 5.12. The monoisotopic (exact) mass is 462 g/mol. The molecular formula is C24H31FN2O4S. The van der Waals surface area contributed by atoms with E-state index in [-0.39, 0.29) is 11.7 Å². The summed E-state index contributed by atoms with van der Waals surface area (Å²) in [5.74, 6) is 0.304. The number of nitrogens with one attached hydrogen (secondary N) is 1. The number of hydrogen-bond donors (Lipinski definition) is 1. The van der Waals surface area contributed by atoms with Crippen molar-refractivity contribution in [2.45, 2.75) is 49.8 Å². The molecule has 0 spiro atoms. The number of rotatable bonds is 11. The minimum atomic E-state index is -3.42. The molecule has 0 atom stereocenters. The molecule has 0 bridgehead atoms. The number of unbranched alkanes of at least 4 members (excludes halogenated alkanes) is 1. The summed E-state index contributed by atoms with van der Waals surface area (Å²) in [6.45, 7) is 2.25. The predicted molar refractivity (Wildman–Crippen MR) is 122 cm³/mol. The van der Waals surface area contributed by atoms with Crippen molar-refractivity contribution < 1.29 is 22.3 Å². The van der Waals surface area contributed by atoms with Crippen molar-refractivity contribution >= 4 is 15.9 Å². The van der Waals surface area contributed by atoms with Crippen LogP contribution in [-0.4, -0.2) is 44.9 Å². The average Bonchev–Trinajstić information content (AvgIpc) is 2.82. The first kappa shape index (κ1) is 24.2. The van der Waals surface area contributed by atoms with Crippen LogP contribution in [-0.2, 0) is 21.2 Å². The van der Waals surface area contributed by atoms with E-state index < -0.39 is 10.0 Å². The van der Waals surface area contributed by atoms with Gasteiger partial charge in [0, 0.05) is 26.1 Å². The fourth-order valence-electron chi connectivity index (χ4n) is 3.60. The van der Waals surface area contributed by atoms with Gasteiger partial charge >= 0.3 is 0 Å². The topological polar surface area (TPSA) is 75.7 Å². The van der Waals surface area contributed by atoms with E-state index in [0.717, 1.165) is 37.7 Å². The maximum absolute atomic E-state index is 12.8. The van der Waals surface area contributed by atoms with Gasteiger partial charge in [0.1, 0.15) is 11.6 Å². The molecule has 0 saturated carbocycles. The minimum absolute atomic E-state index is 0.0329. The summed E-state index contributed by atoms with van der Waals surface area (Å²) in [5.41, 5.74) is 0.936. The van der Waals surface area contributed by atoms with Gasteiger partial charge in [-0.25, -0.2) is 12.8 Å². The molecule has 2 aromatic rings. The van der Waals surface area contributed by atoms with Gasteiger partial charge in [-0.3, -0.25) is 4.79 Å². The summed E-state index contributed by atoms with van der Waals surface area (Å²) in [5, 5.41) is 2.89. The van der Waals surface area contributed by atoms with Crippen LogP contribution in [0.1, 0.15) is 44.1 Å². The number of amides is 1. The highest BCUT2D eigenvalue weighted by molar-refractivity contribution is 7.89. The Morgan fingerprint density at radius 3 is 2.34 bits per heavy atom. The molecule has 0 unspecified atom stereocenters. The first-order valence-electron chi connectivity index (χ1n) is 11.2. The van der Waals surface area contributed by atoms with Crippen molar-refractivity contribution in [3.8, 4) is 5.75 Å². The van der Waals surface area contributed by atoms with Gasteiger partial charge in [-0.2, -0.15) is 4.31 Å². The molecular weight excluding hydrogens is 431 g/mol. The summed E-state index contributed by atoms with van der Waals surface area (Å²) >= 11 is 0. The van der Waals surface area contributed by atoms with Gasteiger partial charge in [0.2, 0.25) is 15.9 Å². The zero-order valence-electron chi connectivity index (χ0n) is 18.3. The lowest BCUT2D eigenvalue weighted by Crippen LogP contribution is -2.35. The largest absolute Gasteiger partial charge is 0.494 e. The van der Waals surface area contributed by atoms with Crippen LogP contribution >= 0.6 is 0 Å². The molecule has 174 valence electrons. The van der Waals surface area contributed by atoms with E-state index in [0.29, 0.717) is 49.7 Å². The van der Waals surface area contributed by atoms with Gasteiger partial charge in [0.05, 0.1) is 11.5 Å². The van der Waals surface area contributed by atoms with Crippen molar-refractivity contribution in [1.82, 2.24) is 9.62 Å². The fraction of sp³-hybridized carbons (Fsp3) is 0.458. The third-order valence-electron chi connectivity index (χ3n) is 5.49. The van der Waals surface area contributed by atoms with Crippen molar-refractivity contribution in [2.75, 3.05) is 26.2 Å². The number of hydrogen-bond acceptors (Lipinski definition) is 4. The Labute approximate surface area is 189 Å². The molecule has 1 aliphatic heterocycles. The first-order chi connectivity index (χ1) is 15.4. The molecule has 0 radical (unpaired) electrons. The van der Waals surface area contributed by atoms with Gasteiger partial charge in [0.15, 0.2) is 0 Å². The third-order valence-corrected chi connectivity index (χ3v) is 7.41. The second kappa shape index (κ2) is 12.0. The predicted octanol–water partition coefficient (Wildman–Crippen LogP) is 3.91. The van der Waals surface area contributed by atoms with E-state index in [9.17, 15) is 17.6 Å². The Balaban J connectivity index is 1.32. The molecule has 6 nitrogen and oxygen atoms in total. The number of nitrogens with zero attached hydrogens (tertiary/aromatic N) is 1. The molecule has 1 saturated heterocycles. The van der Waals surface area contributed by atoms with Crippen LogP contribution in [0.25, 0.3) is 0 Å². The summed E-state index contributed by atoms with van der Waals surface area (Å²) in [6.07, 6.45) is 5.38. The maximum Gasteiger partial charge on any atom is 0.243 e. The van der Waals surface area contributed by atoms with Crippen LogP contribution < -0.4 is 10.1 Å². The van der Waals surface area contributed by atoms with E-state index in [4.69, 9.17) is 4.74 Å². The van der Waals surface area contributed by atoms with Crippen molar-refractivity contribution in [3.05, 3.63) is 59.9 Å². The molecule has 8 heteroatoms. The van der Waals surface area contributed by atoms with E-state index >= 15 is 0 Å². The lowest BCUT2D eigenvalue weighted by atomic mass is 10.1. The second-order valence-electron chi connectivity index (χ2n) is 7.97. The molecule has 1 aliphatic rings. The van der Waals surface area contributed by atoms with E-state index in [1.165, 1.54) is 12.1 Å². The zero-order chi connectivity index (χ0) is 22.8. The molecule has 2 aromatic carbocycles. The smallest absolute Gasteiger partial charge is 0.243 e. The Morgan fingerprint density at radius 2 is 1.66 bits per heavy atom. The van der Waals surface area contributed by atoms with Gasteiger partial charge in [0.25, 0.3) is 0 Å². The molecule has 1 N–H and O–H groups in total. The number of aryl methyl sites for hydroxylation is 1. The number of sulfonamides is 1. The highest BCUT2D eigenvalue weighted by Crippen LogP contribution is 2.21. The SMILES string of the molecule is O=C(CCc1ccc(S(=O)(=O)N2CCCCC2)cc1)NCCCCOc1ccc(F)cc1.